The summed E-state index contributed by atoms with van der Waals surface area (Å²) in [5.41, 5.74) is 6.53. The fourth-order valence-corrected chi connectivity index (χ4v) is 1.52. The van der Waals surface area contributed by atoms with Gasteiger partial charge in [0.05, 0.1) is 6.61 Å². The first-order valence-corrected chi connectivity index (χ1v) is 5.74. The lowest BCUT2D eigenvalue weighted by molar-refractivity contribution is 0.247. The van der Waals surface area contributed by atoms with E-state index in [0.717, 1.165) is 5.56 Å². The van der Waals surface area contributed by atoms with Gasteiger partial charge in [0.2, 0.25) is 0 Å². The lowest BCUT2D eigenvalue weighted by Gasteiger charge is -2.16. The molecule has 0 saturated heterocycles. The van der Waals surface area contributed by atoms with E-state index in [2.05, 4.69) is 0 Å². The molecule has 1 aromatic rings. The predicted octanol–water partition coefficient (Wildman–Crippen LogP) is 1.88. The van der Waals surface area contributed by atoms with E-state index in [1.165, 1.54) is 0 Å². The van der Waals surface area contributed by atoms with Crippen LogP contribution in [0.25, 0.3) is 0 Å². The van der Waals surface area contributed by atoms with Crippen molar-refractivity contribution in [2.45, 2.75) is 26.4 Å². The first-order valence-electron chi connectivity index (χ1n) is 5.74. The smallest absolute Gasteiger partial charge is 0.181 e. The van der Waals surface area contributed by atoms with Crippen molar-refractivity contribution in [2.75, 3.05) is 13.2 Å². The average molecular weight is 234 g/mol. The summed E-state index contributed by atoms with van der Waals surface area (Å²) in [6, 6.07) is 7.72. The number of hydrogen-bond donors (Lipinski definition) is 1. The maximum Gasteiger partial charge on any atom is 0.181 e. The van der Waals surface area contributed by atoms with Gasteiger partial charge < -0.3 is 15.2 Å². The van der Waals surface area contributed by atoms with Crippen molar-refractivity contribution < 1.29 is 9.47 Å². The van der Waals surface area contributed by atoms with Gasteiger partial charge >= 0.3 is 0 Å². The van der Waals surface area contributed by atoms with Crippen LogP contribution >= 0.6 is 0 Å². The average Bonchev–Trinajstić information content (AvgIpc) is 2.33. The third-order valence-corrected chi connectivity index (χ3v) is 2.25. The van der Waals surface area contributed by atoms with Gasteiger partial charge in [0.15, 0.2) is 17.6 Å². The summed E-state index contributed by atoms with van der Waals surface area (Å²) >= 11 is 0. The molecule has 0 spiro atoms. The topological polar surface area (TPSA) is 68.3 Å². The molecule has 4 nitrogen and oxygen atoms in total. The van der Waals surface area contributed by atoms with Gasteiger partial charge in [-0.1, -0.05) is 12.1 Å². The molecule has 1 unspecified atom stereocenters. The standard InChI is InChI=1S/C13H18N2O2/c1-3-16-12-6-4-5-11(7-8-14)13(12)17-10(2)9-15/h4-6,10H,3,7-8,14H2,1-2H3. The maximum absolute atomic E-state index is 8.80. The van der Waals surface area contributed by atoms with Gasteiger partial charge in [0, 0.05) is 0 Å². The summed E-state index contributed by atoms with van der Waals surface area (Å²) in [7, 11) is 0. The van der Waals surface area contributed by atoms with Crippen LogP contribution in [0.2, 0.25) is 0 Å². The molecule has 0 aliphatic carbocycles. The highest BCUT2D eigenvalue weighted by Crippen LogP contribution is 2.32. The summed E-state index contributed by atoms with van der Waals surface area (Å²) in [5.74, 6) is 1.30. The van der Waals surface area contributed by atoms with Crippen molar-refractivity contribution >= 4 is 0 Å². The van der Waals surface area contributed by atoms with Crippen molar-refractivity contribution in [2.24, 2.45) is 5.73 Å². The van der Waals surface area contributed by atoms with E-state index < -0.39 is 6.10 Å². The summed E-state index contributed by atoms with van der Waals surface area (Å²) in [4.78, 5) is 0. The minimum absolute atomic E-state index is 0.506. The highest BCUT2D eigenvalue weighted by Gasteiger charge is 2.13. The van der Waals surface area contributed by atoms with Crippen LogP contribution in [0.3, 0.4) is 0 Å². The Morgan fingerprint density at radius 1 is 1.47 bits per heavy atom. The van der Waals surface area contributed by atoms with Crippen molar-refractivity contribution in [3.8, 4) is 17.6 Å². The van der Waals surface area contributed by atoms with Crippen LogP contribution in [0.15, 0.2) is 18.2 Å². The predicted molar refractivity (Wildman–Crippen MR) is 66.1 cm³/mol. The molecule has 0 heterocycles. The Morgan fingerprint density at radius 2 is 2.24 bits per heavy atom. The summed E-state index contributed by atoms with van der Waals surface area (Å²) in [6.45, 7) is 4.71. The van der Waals surface area contributed by atoms with Gasteiger partial charge in [-0.2, -0.15) is 5.26 Å². The number of benzene rings is 1. The van der Waals surface area contributed by atoms with Crippen LogP contribution in [0, 0.1) is 11.3 Å². The second kappa shape index (κ2) is 6.77. The van der Waals surface area contributed by atoms with Gasteiger partial charge in [0.1, 0.15) is 6.07 Å². The molecule has 0 aliphatic heterocycles. The molecule has 0 saturated carbocycles. The Bertz CT molecular complexity index is 375. The first-order chi connectivity index (χ1) is 8.22. The largest absolute Gasteiger partial charge is 0.490 e. The van der Waals surface area contributed by atoms with Gasteiger partial charge in [-0.3, -0.25) is 0 Å². The van der Waals surface area contributed by atoms with Crippen molar-refractivity contribution in [3.05, 3.63) is 23.8 Å². The number of nitriles is 1. The number of rotatable bonds is 6. The lowest BCUT2D eigenvalue weighted by atomic mass is 10.1. The van der Waals surface area contributed by atoms with Crippen molar-refractivity contribution in [1.29, 1.82) is 5.26 Å². The Kier molecular flexibility index (Phi) is 5.31. The van der Waals surface area contributed by atoms with Crippen molar-refractivity contribution in [1.82, 2.24) is 0 Å². The molecule has 0 bridgehead atoms. The van der Waals surface area contributed by atoms with E-state index in [1.807, 2.05) is 31.2 Å². The SMILES string of the molecule is CCOc1cccc(CCN)c1OC(C)C#N. The van der Waals surface area contributed by atoms with Crippen LogP contribution in [0.1, 0.15) is 19.4 Å². The van der Waals surface area contributed by atoms with Gasteiger partial charge in [0.25, 0.3) is 0 Å². The molecule has 0 aromatic heterocycles. The Hall–Kier alpha value is -1.73. The Morgan fingerprint density at radius 3 is 2.82 bits per heavy atom. The lowest BCUT2D eigenvalue weighted by Crippen LogP contribution is -2.13. The number of nitrogens with zero attached hydrogens (tertiary/aromatic N) is 1. The highest BCUT2D eigenvalue weighted by molar-refractivity contribution is 5.47. The van der Waals surface area contributed by atoms with E-state index in [4.69, 9.17) is 20.5 Å². The Balaban J connectivity index is 3.04. The van der Waals surface area contributed by atoms with E-state index in [9.17, 15) is 0 Å². The van der Waals surface area contributed by atoms with Crippen LogP contribution in [-0.2, 0) is 6.42 Å². The molecule has 1 aromatic carbocycles. The number of hydrogen-bond acceptors (Lipinski definition) is 4. The van der Waals surface area contributed by atoms with E-state index in [1.54, 1.807) is 6.92 Å². The van der Waals surface area contributed by atoms with Gasteiger partial charge in [-0.25, -0.2) is 0 Å². The normalized spacial score (nSPS) is 11.6. The summed E-state index contributed by atoms with van der Waals surface area (Å²) in [6.07, 6.45) is 0.196. The molecule has 2 N–H and O–H groups in total. The number of ether oxygens (including phenoxy) is 2. The highest BCUT2D eigenvalue weighted by atomic mass is 16.5. The molecule has 0 amide bonds. The molecule has 0 fully saturated rings. The fourth-order valence-electron chi connectivity index (χ4n) is 1.52. The zero-order valence-electron chi connectivity index (χ0n) is 10.3. The molecular weight excluding hydrogens is 216 g/mol. The van der Waals surface area contributed by atoms with Crippen LogP contribution in [0.4, 0.5) is 0 Å². The minimum atomic E-state index is -0.506. The number of nitrogens with two attached hydrogens (primary N) is 1. The van der Waals surface area contributed by atoms with E-state index in [0.29, 0.717) is 31.1 Å². The number of para-hydroxylation sites is 1. The zero-order chi connectivity index (χ0) is 12.7. The van der Waals surface area contributed by atoms with E-state index in [-0.39, 0.29) is 0 Å². The van der Waals surface area contributed by atoms with Gasteiger partial charge in [-0.05, 0) is 38.4 Å². The summed E-state index contributed by atoms with van der Waals surface area (Å²) < 4.78 is 11.1. The quantitative estimate of drug-likeness (QED) is 0.816. The maximum atomic E-state index is 8.80. The van der Waals surface area contributed by atoms with Crippen LogP contribution < -0.4 is 15.2 Å². The van der Waals surface area contributed by atoms with E-state index >= 15 is 0 Å². The second-order valence-corrected chi connectivity index (χ2v) is 3.61. The molecule has 1 rings (SSSR count). The molecular formula is C13H18N2O2. The van der Waals surface area contributed by atoms with Crippen LogP contribution in [0.5, 0.6) is 11.5 Å². The first kappa shape index (κ1) is 13.3. The Labute approximate surface area is 102 Å². The monoisotopic (exact) mass is 234 g/mol. The third-order valence-electron chi connectivity index (χ3n) is 2.25. The fraction of sp³-hybridized carbons (Fsp3) is 0.462. The summed E-state index contributed by atoms with van der Waals surface area (Å²) in [5, 5.41) is 8.80. The molecule has 92 valence electrons. The molecule has 1 atom stereocenters. The van der Waals surface area contributed by atoms with Crippen LogP contribution in [-0.4, -0.2) is 19.3 Å². The third kappa shape index (κ3) is 3.65. The molecule has 0 radical (unpaired) electrons. The van der Waals surface area contributed by atoms with Gasteiger partial charge in [-0.15, -0.1) is 0 Å². The minimum Gasteiger partial charge on any atom is -0.490 e. The molecule has 0 aliphatic rings. The molecule has 4 heteroatoms. The second-order valence-electron chi connectivity index (χ2n) is 3.61. The zero-order valence-corrected chi connectivity index (χ0v) is 10.3. The van der Waals surface area contributed by atoms with Crippen molar-refractivity contribution in [3.63, 3.8) is 0 Å². The molecule has 17 heavy (non-hydrogen) atoms.